The fraction of sp³-hybridized carbons (Fsp3) is 0.333. The molecule has 0 unspecified atom stereocenters. The maximum Gasteiger partial charge on any atom is 0.306 e. The second kappa shape index (κ2) is 9.02. The summed E-state index contributed by atoms with van der Waals surface area (Å²) in [5.74, 6) is -1.06. The van der Waals surface area contributed by atoms with Crippen LogP contribution in [0.15, 0.2) is 48.5 Å². The van der Waals surface area contributed by atoms with Crippen molar-refractivity contribution in [2.24, 2.45) is 5.92 Å². The number of carboxylic acid groups (broad SMARTS) is 1. The molecule has 142 valence electrons. The Bertz CT molecular complexity index is 799. The summed E-state index contributed by atoms with van der Waals surface area (Å²) >= 11 is 5.85. The van der Waals surface area contributed by atoms with Crippen LogP contribution in [0.3, 0.4) is 0 Å². The predicted octanol–water partition coefficient (Wildman–Crippen LogP) is 4.33. The van der Waals surface area contributed by atoms with E-state index < -0.39 is 5.97 Å². The Kier molecular flexibility index (Phi) is 6.48. The second-order valence-electron chi connectivity index (χ2n) is 6.93. The van der Waals surface area contributed by atoms with Crippen molar-refractivity contribution in [3.05, 3.63) is 64.7 Å². The van der Waals surface area contributed by atoms with Crippen molar-refractivity contribution in [3.8, 4) is 0 Å². The van der Waals surface area contributed by atoms with Gasteiger partial charge in [0.2, 0.25) is 0 Å². The van der Waals surface area contributed by atoms with Crippen molar-refractivity contribution >= 4 is 29.2 Å². The topological polar surface area (TPSA) is 78.4 Å². The number of carbonyl (C=O) groups excluding carboxylic acids is 1. The molecule has 0 heterocycles. The average molecular weight is 387 g/mol. The highest BCUT2D eigenvalue weighted by Crippen LogP contribution is 2.24. The van der Waals surface area contributed by atoms with E-state index in [4.69, 9.17) is 16.7 Å². The minimum absolute atomic E-state index is 0.177. The van der Waals surface area contributed by atoms with Crippen LogP contribution < -0.4 is 10.6 Å². The van der Waals surface area contributed by atoms with E-state index in [0.29, 0.717) is 23.2 Å². The van der Waals surface area contributed by atoms with Gasteiger partial charge in [-0.15, -0.1) is 0 Å². The van der Waals surface area contributed by atoms with Gasteiger partial charge in [0, 0.05) is 28.9 Å². The van der Waals surface area contributed by atoms with Crippen molar-refractivity contribution in [3.63, 3.8) is 0 Å². The van der Waals surface area contributed by atoms with Gasteiger partial charge in [-0.1, -0.05) is 23.7 Å². The minimum Gasteiger partial charge on any atom is -0.481 e. The maximum atomic E-state index is 12.3. The number of halogens is 1. The summed E-state index contributed by atoms with van der Waals surface area (Å²) in [5, 5.41) is 16.1. The van der Waals surface area contributed by atoms with Gasteiger partial charge in [0.25, 0.3) is 5.91 Å². The van der Waals surface area contributed by atoms with Crippen LogP contribution in [0.1, 0.15) is 41.6 Å². The van der Waals surface area contributed by atoms with E-state index in [1.807, 2.05) is 24.3 Å². The van der Waals surface area contributed by atoms with Gasteiger partial charge in [-0.25, -0.2) is 0 Å². The summed E-state index contributed by atoms with van der Waals surface area (Å²) in [6, 6.07) is 14.8. The summed E-state index contributed by atoms with van der Waals surface area (Å²) in [6.45, 7) is 0.688. The molecular weight excluding hydrogens is 364 g/mol. The van der Waals surface area contributed by atoms with Crippen LogP contribution in [-0.2, 0) is 11.3 Å². The Morgan fingerprint density at radius 1 is 1.04 bits per heavy atom. The van der Waals surface area contributed by atoms with Crippen LogP contribution in [-0.4, -0.2) is 23.0 Å². The minimum atomic E-state index is -0.683. The largest absolute Gasteiger partial charge is 0.481 e. The first-order chi connectivity index (χ1) is 13.0. The molecule has 2 aromatic rings. The van der Waals surface area contributed by atoms with Crippen LogP contribution in [0.4, 0.5) is 5.69 Å². The highest BCUT2D eigenvalue weighted by atomic mass is 35.5. The molecule has 0 atom stereocenters. The molecule has 3 rings (SSSR count). The molecule has 3 N–H and O–H groups in total. The first kappa shape index (κ1) is 19.4. The number of rotatable bonds is 6. The number of amides is 1. The average Bonchev–Trinajstić information content (AvgIpc) is 2.67. The summed E-state index contributed by atoms with van der Waals surface area (Å²) in [6.07, 6.45) is 3.21. The van der Waals surface area contributed by atoms with E-state index in [-0.39, 0.29) is 11.8 Å². The molecule has 1 amide bonds. The number of anilines is 1. The standard InChI is InChI=1S/C21H23ClN2O3/c22-17-8-4-15(5-9-17)20(25)24-19-3-1-2-14(12-19)13-23-18-10-6-16(7-11-18)21(26)27/h1-5,8-9,12,16,18,23H,6-7,10-11,13H2,(H,24,25)(H,26,27). The van der Waals surface area contributed by atoms with E-state index in [1.165, 1.54) is 0 Å². The second-order valence-corrected chi connectivity index (χ2v) is 7.37. The van der Waals surface area contributed by atoms with Gasteiger partial charge in [-0.2, -0.15) is 0 Å². The predicted molar refractivity (Wildman–Crippen MR) is 106 cm³/mol. The van der Waals surface area contributed by atoms with E-state index in [2.05, 4.69) is 10.6 Å². The molecule has 1 aliphatic carbocycles. The molecule has 0 spiro atoms. The highest BCUT2D eigenvalue weighted by Gasteiger charge is 2.25. The van der Waals surface area contributed by atoms with E-state index in [0.717, 1.165) is 36.9 Å². The van der Waals surface area contributed by atoms with Gasteiger partial charge in [-0.3, -0.25) is 9.59 Å². The molecule has 2 aromatic carbocycles. The third-order valence-corrected chi connectivity index (χ3v) is 5.21. The van der Waals surface area contributed by atoms with Crippen molar-refractivity contribution in [1.82, 2.24) is 5.32 Å². The molecule has 5 nitrogen and oxygen atoms in total. The number of carboxylic acids is 1. The number of nitrogens with one attached hydrogen (secondary N) is 2. The third kappa shape index (κ3) is 5.55. The molecule has 0 aromatic heterocycles. The Balaban J connectivity index is 1.52. The molecule has 1 saturated carbocycles. The fourth-order valence-corrected chi connectivity index (χ4v) is 3.50. The van der Waals surface area contributed by atoms with Gasteiger partial charge >= 0.3 is 5.97 Å². The van der Waals surface area contributed by atoms with E-state index in [1.54, 1.807) is 24.3 Å². The first-order valence-corrected chi connectivity index (χ1v) is 9.51. The number of carbonyl (C=O) groups is 2. The lowest BCUT2D eigenvalue weighted by Gasteiger charge is -2.27. The van der Waals surface area contributed by atoms with Gasteiger partial charge in [0.1, 0.15) is 0 Å². The summed E-state index contributed by atoms with van der Waals surface area (Å²) in [4.78, 5) is 23.3. The van der Waals surface area contributed by atoms with E-state index in [9.17, 15) is 9.59 Å². The highest BCUT2D eigenvalue weighted by molar-refractivity contribution is 6.30. The normalized spacial score (nSPS) is 19.4. The maximum absolute atomic E-state index is 12.3. The van der Waals surface area contributed by atoms with E-state index >= 15 is 0 Å². The van der Waals surface area contributed by atoms with Crippen LogP contribution in [0.5, 0.6) is 0 Å². The first-order valence-electron chi connectivity index (χ1n) is 9.13. The van der Waals surface area contributed by atoms with Crippen molar-refractivity contribution in [2.45, 2.75) is 38.3 Å². The van der Waals surface area contributed by atoms with Crippen LogP contribution >= 0.6 is 11.6 Å². The molecule has 1 aliphatic rings. The number of hydrogen-bond donors (Lipinski definition) is 3. The fourth-order valence-electron chi connectivity index (χ4n) is 3.37. The summed E-state index contributed by atoms with van der Waals surface area (Å²) in [5.41, 5.74) is 2.37. The number of aliphatic carboxylic acids is 1. The molecule has 27 heavy (non-hydrogen) atoms. The van der Waals surface area contributed by atoms with Gasteiger partial charge in [-0.05, 0) is 67.6 Å². The molecule has 6 heteroatoms. The zero-order chi connectivity index (χ0) is 19.2. The Morgan fingerprint density at radius 3 is 2.41 bits per heavy atom. The third-order valence-electron chi connectivity index (χ3n) is 4.96. The number of hydrogen-bond acceptors (Lipinski definition) is 3. The molecular formula is C21H23ClN2O3. The lowest BCUT2D eigenvalue weighted by Crippen LogP contribution is -2.34. The molecule has 0 saturated heterocycles. The van der Waals surface area contributed by atoms with Gasteiger partial charge in [0.15, 0.2) is 0 Å². The Labute approximate surface area is 163 Å². The van der Waals surface area contributed by atoms with Crippen LogP contribution in [0, 0.1) is 5.92 Å². The molecule has 0 aliphatic heterocycles. The zero-order valence-electron chi connectivity index (χ0n) is 15.0. The lowest BCUT2D eigenvalue weighted by atomic mass is 9.86. The van der Waals surface area contributed by atoms with Crippen molar-refractivity contribution in [2.75, 3.05) is 5.32 Å². The zero-order valence-corrected chi connectivity index (χ0v) is 15.7. The van der Waals surface area contributed by atoms with Crippen molar-refractivity contribution in [1.29, 1.82) is 0 Å². The summed E-state index contributed by atoms with van der Waals surface area (Å²) in [7, 11) is 0. The SMILES string of the molecule is O=C(Nc1cccc(CNC2CCC(C(=O)O)CC2)c1)c1ccc(Cl)cc1. The van der Waals surface area contributed by atoms with Crippen LogP contribution in [0.25, 0.3) is 0 Å². The van der Waals surface area contributed by atoms with Crippen molar-refractivity contribution < 1.29 is 14.7 Å². The number of benzene rings is 2. The Hall–Kier alpha value is -2.37. The summed E-state index contributed by atoms with van der Waals surface area (Å²) < 4.78 is 0. The molecule has 1 fully saturated rings. The Morgan fingerprint density at radius 2 is 1.74 bits per heavy atom. The monoisotopic (exact) mass is 386 g/mol. The molecule has 0 radical (unpaired) electrons. The van der Waals surface area contributed by atoms with Crippen LogP contribution in [0.2, 0.25) is 5.02 Å². The van der Waals surface area contributed by atoms with Gasteiger partial charge < -0.3 is 15.7 Å². The quantitative estimate of drug-likeness (QED) is 0.690. The molecule has 0 bridgehead atoms. The lowest BCUT2D eigenvalue weighted by molar-refractivity contribution is -0.142. The van der Waals surface area contributed by atoms with Gasteiger partial charge in [0.05, 0.1) is 5.92 Å². The smallest absolute Gasteiger partial charge is 0.306 e.